The molecule has 1 heterocycles. The maximum Gasteiger partial charge on any atom is 0.310 e. The number of hydrogen-bond acceptors (Lipinski definition) is 2. The Morgan fingerprint density at radius 3 is 2.46 bits per heavy atom. The fraction of sp³-hybridized carbons (Fsp3) is 0.211. The molecule has 26 heavy (non-hydrogen) atoms. The number of phenolic OH excluding ortho intramolecular Hbond substituents is 1. The maximum atomic E-state index is 14.6. The molecule has 1 atom stereocenters. The van der Waals surface area contributed by atoms with E-state index in [2.05, 4.69) is 15.9 Å². The normalized spacial score (nSPS) is 12.5. The zero-order chi connectivity index (χ0) is 19.2. The predicted octanol–water partition coefficient (Wildman–Crippen LogP) is 4.93. The third kappa shape index (κ3) is 2.96. The summed E-state index contributed by atoms with van der Waals surface area (Å²) in [5, 5.41) is 19.0. The summed E-state index contributed by atoms with van der Waals surface area (Å²) in [7, 11) is 0. The zero-order valence-corrected chi connectivity index (χ0v) is 15.6. The van der Waals surface area contributed by atoms with Gasteiger partial charge in [0.1, 0.15) is 0 Å². The molecule has 3 rings (SSSR count). The van der Waals surface area contributed by atoms with Crippen molar-refractivity contribution in [1.29, 1.82) is 0 Å². The number of aromatic nitrogens is 1. The fourth-order valence-electron chi connectivity index (χ4n) is 3.20. The smallest absolute Gasteiger partial charge is 0.310 e. The van der Waals surface area contributed by atoms with Crippen LogP contribution in [0.3, 0.4) is 0 Å². The lowest BCUT2D eigenvalue weighted by Gasteiger charge is -2.11. The number of aliphatic carboxylic acids is 1. The average Bonchev–Trinajstić information content (AvgIpc) is 2.86. The molecule has 1 unspecified atom stereocenters. The van der Waals surface area contributed by atoms with E-state index in [1.165, 1.54) is 6.92 Å². The Morgan fingerprint density at radius 2 is 1.88 bits per heavy atom. The van der Waals surface area contributed by atoms with Crippen LogP contribution in [0.25, 0.3) is 10.9 Å². The molecular weight excluding hydrogens is 408 g/mol. The van der Waals surface area contributed by atoms with Gasteiger partial charge in [0.2, 0.25) is 0 Å². The number of halogens is 3. The van der Waals surface area contributed by atoms with Gasteiger partial charge in [0.15, 0.2) is 17.4 Å². The van der Waals surface area contributed by atoms with Crippen LogP contribution in [0.5, 0.6) is 5.75 Å². The molecule has 4 nitrogen and oxygen atoms in total. The highest BCUT2D eigenvalue weighted by atomic mass is 79.9. The first-order valence-electron chi connectivity index (χ1n) is 7.89. The molecule has 0 aliphatic heterocycles. The number of benzene rings is 2. The highest BCUT2D eigenvalue weighted by molar-refractivity contribution is 9.10. The summed E-state index contributed by atoms with van der Waals surface area (Å²) in [5.74, 6) is -5.46. The lowest BCUT2D eigenvalue weighted by molar-refractivity contribution is -0.138. The minimum atomic E-state index is -1.14. The molecule has 0 spiro atoms. The first kappa shape index (κ1) is 18.4. The summed E-state index contributed by atoms with van der Waals surface area (Å²) in [6, 6.07) is 8.47. The summed E-state index contributed by atoms with van der Waals surface area (Å²) < 4.78 is 31.1. The fourth-order valence-corrected chi connectivity index (χ4v) is 3.47. The Hall–Kier alpha value is -2.41. The van der Waals surface area contributed by atoms with Crippen molar-refractivity contribution in [3.8, 4) is 5.75 Å². The largest absolute Gasteiger partial charge is 0.503 e. The second-order valence-corrected chi connectivity index (χ2v) is 7.10. The molecule has 0 bridgehead atoms. The number of rotatable bonds is 4. The number of fused-ring (bicyclic) bond motifs is 1. The molecule has 0 saturated heterocycles. The highest BCUT2D eigenvalue weighted by Gasteiger charge is 2.28. The SMILES string of the molecule is Cc1c(C(C)C(=O)O)c2c(F)c(O)c(F)cc2n1Cc1ccc(Br)cc1. The Bertz CT molecular complexity index is 1010. The van der Waals surface area contributed by atoms with Crippen molar-refractivity contribution in [3.63, 3.8) is 0 Å². The zero-order valence-electron chi connectivity index (χ0n) is 14.1. The average molecular weight is 424 g/mol. The van der Waals surface area contributed by atoms with Crippen molar-refractivity contribution in [2.24, 2.45) is 0 Å². The van der Waals surface area contributed by atoms with Crippen molar-refractivity contribution < 1.29 is 23.8 Å². The molecule has 0 amide bonds. The second kappa shape index (κ2) is 6.72. The van der Waals surface area contributed by atoms with Crippen molar-refractivity contribution >= 4 is 32.8 Å². The molecule has 7 heteroatoms. The van der Waals surface area contributed by atoms with Crippen LogP contribution in [-0.4, -0.2) is 20.7 Å². The van der Waals surface area contributed by atoms with Gasteiger partial charge in [-0.2, -0.15) is 0 Å². The molecule has 0 fully saturated rings. The van der Waals surface area contributed by atoms with E-state index in [4.69, 9.17) is 0 Å². The molecule has 1 aromatic heterocycles. The third-order valence-electron chi connectivity index (χ3n) is 4.59. The lowest BCUT2D eigenvalue weighted by Crippen LogP contribution is -2.10. The van der Waals surface area contributed by atoms with Crippen LogP contribution in [0.1, 0.15) is 29.7 Å². The number of carboxylic acid groups (broad SMARTS) is 1. The summed E-state index contributed by atoms with van der Waals surface area (Å²) in [5.41, 5.74) is 1.84. The number of hydrogen-bond donors (Lipinski definition) is 2. The molecule has 2 N–H and O–H groups in total. The monoisotopic (exact) mass is 423 g/mol. The van der Waals surface area contributed by atoms with Crippen LogP contribution >= 0.6 is 15.9 Å². The van der Waals surface area contributed by atoms with Gasteiger partial charge in [-0.25, -0.2) is 8.78 Å². The topological polar surface area (TPSA) is 62.5 Å². The number of carbonyl (C=O) groups is 1. The van der Waals surface area contributed by atoms with Crippen LogP contribution in [0.15, 0.2) is 34.8 Å². The molecule has 0 aliphatic rings. The molecule has 0 aliphatic carbocycles. The van der Waals surface area contributed by atoms with Crippen molar-refractivity contribution in [2.75, 3.05) is 0 Å². The van der Waals surface area contributed by atoms with Gasteiger partial charge in [-0.15, -0.1) is 0 Å². The summed E-state index contributed by atoms with van der Waals surface area (Å²) >= 11 is 3.35. The van der Waals surface area contributed by atoms with Crippen molar-refractivity contribution in [3.05, 3.63) is 63.3 Å². The molecule has 3 aromatic rings. The van der Waals surface area contributed by atoms with Crippen molar-refractivity contribution in [1.82, 2.24) is 4.57 Å². The minimum absolute atomic E-state index is 0.0617. The number of carboxylic acids is 1. The van der Waals surface area contributed by atoms with E-state index in [9.17, 15) is 23.8 Å². The third-order valence-corrected chi connectivity index (χ3v) is 5.11. The van der Waals surface area contributed by atoms with Gasteiger partial charge in [-0.3, -0.25) is 4.79 Å². The summed E-state index contributed by atoms with van der Waals surface area (Å²) in [6.45, 7) is 3.42. The van der Waals surface area contributed by atoms with Gasteiger partial charge in [-0.1, -0.05) is 28.1 Å². The van der Waals surface area contributed by atoms with Gasteiger partial charge in [0.25, 0.3) is 0 Å². The summed E-state index contributed by atoms with van der Waals surface area (Å²) in [4.78, 5) is 11.5. The predicted molar refractivity (Wildman–Crippen MR) is 97.6 cm³/mol. The van der Waals surface area contributed by atoms with Crippen LogP contribution in [-0.2, 0) is 11.3 Å². The minimum Gasteiger partial charge on any atom is -0.503 e. The van der Waals surface area contributed by atoms with Gasteiger partial charge in [0.05, 0.1) is 11.4 Å². The maximum absolute atomic E-state index is 14.6. The van der Waals surface area contributed by atoms with Crippen LogP contribution in [0.4, 0.5) is 8.78 Å². The van der Waals surface area contributed by atoms with E-state index < -0.39 is 29.3 Å². The van der Waals surface area contributed by atoms with E-state index in [0.717, 1.165) is 16.1 Å². The van der Waals surface area contributed by atoms with Crippen LogP contribution in [0, 0.1) is 18.6 Å². The van der Waals surface area contributed by atoms with E-state index >= 15 is 0 Å². The lowest BCUT2D eigenvalue weighted by atomic mass is 9.97. The van der Waals surface area contributed by atoms with Crippen molar-refractivity contribution in [2.45, 2.75) is 26.3 Å². The van der Waals surface area contributed by atoms with E-state index in [-0.39, 0.29) is 16.5 Å². The van der Waals surface area contributed by atoms with Gasteiger partial charge < -0.3 is 14.8 Å². The molecule has 0 saturated carbocycles. The standard InChI is InChI=1S/C19H16BrF2NO3/c1-9(19(25)26)15-10(2)23(8-11-3-5-12(20)6-4-11)14-7-13(21)18(24)17(22)16(14)15/h3-7,9,24H,8H2,1-2H3,(H,25,26). The van der Waals surface area contributed by atoms with E-state index in [1.807, 2.05) is 24.3 Å². The Labute approximate surface area is 156 Å². The Balaban J connectivity index is 2.30. The van der Waals surface area contributed by atoms with Gasteiger partial charge in [0, 0.05) is 28.2 Å². The first-order valence-corrected chi connectivity index (χ1v) is 8.68. The number of aromatic hydroxyl groups is 1. The molecule has 136 valence electrons. The van der Waals surface area contributed by atoms with Crippen LogP contribution in [0.2, 0.25) is 0 Å². The number of nitrogens with zero attached hydrogens (tertiary/aromatic N) is 1. The molecule has 2 aromatic carbocycles. The Kier molecular flexibility index (Phi) is 4.75. The Morgan fingerprint density at radius 1 is 1.27 bits per heavy atom. The number of phenols is 1. The summed E-state index contributed by atoms with van der Waals surface area (Å²) in [6.07, 6.45) is 0. The molecule has 0 radical (unpaired) electrons. The van der Waals surface area contributed by atoms with Gasteiger partial charge in [-0.05, 0) is 37.1 Å². The quantitative estimate of drug-likeness (QED) is 0.624. The second-order valence-electron chi connectivity index (χ2n) is 6.19. The molecular formula is C19H16BrF2NO3. The first-order chi connectivity index (χ1) is 12.2. The van der Waals surface area contributed by atoms with Crippen LogP contribution < -0.4 is 0 Å². The van der Waals surface area contributed by atoms with E-state index in [0.29, 0.717) is 12.2 Å². The highest BCUT2D eigenvalue weighted by Crippen LogP contribution is 2.38. The van der Waals surface area contributed by atoms with Gasteiger partial charge >= 0.3 is 5.97 Å². The van der Waals surface area contributed by atoms with E-state index in [1.54, 1.807) is 11.5 Å².